The van der Waals surface area contributed by atoms with Crippen molar-refractivity contribution in [2.75, 3.05) is 39.5 Å². The summed E-state index contributed by atoms with van der Waals surface area (Å²) in [6, 6.07) is 9.84. The van der Waals surface area contributed by atoms with Crippen LogP contribution in [0, 0.1) is 0 Å². The highest BCUT2D eigenvalue weighted by Crippen LogP contribution is 2.26. The largest absolute Gasteiger partial charge is 0.329 e. The Bertz CT molecular complexity index is 393. The maximum Gasteiger partial charge on any atom is 0.0352 e. The molecule has 3 nitrogen and oxygen atoms in total. The molecule has 0 aliphatic carbocycles. The Balaban J connectivity index is 2.10. The number of likely N-dealkylation sites (N-methyl/N-ethyl adjacent to an activating group) is 1. The molecule has 0 saturated carbocycles. The van der Waals surface area contributed by atoms with Crippen molar-refractivity contribution in [1.29, 1.82) is 0 Å². The molecule has 1 saturated heterocycles. The zero-order valence-corrected chi connectivity index (χ0v) is 13.0. The molecule has 19 heavy (non-hydrogen) atoms. The Kier molecular flexibility index (Phi) is 5.28. The average molecular weight is 279 g/mol. The van der Waals surface area contributed by atoms with Crippen LogP contribution in [0.5, 0.6) is 0 Å². The zero-order chi connectivity index (χ0) is 13.8. The van der Waals surface area contributed by atoms with Crippen LogP contribution in [-0.4, -0.2) is 55.3 Å². The van der Waals surface area contributed by atoms with Gasteiger partial charge in [0.15, 0.2) is 0 Å². The first kappa shape index (κ1) is 14.9. The lowest BCUT2D eigenvalue weighted by atomic mass is 10.0. The third kappa shape index (κ3) is 3.51. The first-order chi connectivity index (χ1) is 9.15. The van der Waals surface area contributed by atoms with Gasteiger partial charge in [0.2, 0.25) is 0 Å². The second kappa shape index (κ2) is 6.75. The van der Waals surface area contributed by atoms with Gasteiger partial charge < -0.3 is 10.6 Å². The van der Waals surface area contributed by atoms with Crippen molar-refractivity contribution in [2.24, 2.45) is 5.73 Å². The number of benzene rings is 1. The van der Waals surface area contributed by atoms with Crippen molar-refractivity contribution in [2.45, 2.75) is 23.9 Å². The first-order valence-corrected chi connectivity index (χ1v) is 8.16. The van der Waals surface area contributed by atoms with Gasteiger partial charge in [-0.15, -0.1) is 11.8 Å². The molecule has 0 spiro atoms. The Morgan fingerprint density at radius 3 is 2.58 bits per heavy atom. The predicted octanol–water partition coefficient (Wildman–Crippen LogP) is 2.04. The van der Waals surface area contributed by atoms with Crippen LogP contribution in [0.25, 0.3) is 0 Å². The minimum absolute atomic E-state index is 0.443. The van der Waals surface area contributed by atoms with Crippen LogP contribution < -0.4 is 5.73 Å². The molecule has 1 aromatic carbocycles. The molecule has 1 aliphatic heterocycles. The summed E-state index contributed by atoms with van der Waals surface area (Å²) < 4.78 is 0. The number of hydrogen-bond donors (Lipinski definition) is 1. The quantitative estimate of drug-likeness (QED) is 0.855. The van der Waals surface area contributed by atoms with Crippen molar-refractivity contribution in [3.05, 3.63) is 29.8 Å². The van der Waals surface area contributed by atoms with E-state index in [0.717, 1.165) is 26.2 Å². The Labute approximate surface area is 121 Å². The molecule has 2 rings (SSSR count). The molecule has 4 heteroatoms. The van der Waals surface area contributed by atoms with Crippen LogP contribution in [-0.2, 0) is 0 Å². The van der Waals surface area contributed by atoms with Gasteiger partial charge in [0.05, 0.1) is 0 Å². The number of nitrogens with two attached hydrogens (primary N) is 1. The highest BCUT2D eigenvalue weighted by molar-refractivity contribution is 7.98. The van der Waals surface area contributed by atoms with E-state index in [1.165, 1.54) is 10.5 Å². The standard InChI is InChI=1S/C15H25N3S/c1-12(13-4-6-15(19-3)7-5-13)18-9-8-17(2)11-14(18)10-16/h4-7,12,14H,8-11,16H2,1-3H3. The van der Waals surface area contributed by atoms with E-state index in [0.29, 0.717) is 12.1 Å². The Morgan fingerprint density at radius 2 is 2.00 bits per heavy atom. The van der Waals surface area contributed by atoms with E-state index in [1.54, 1.807) is 11.8 Å². The Morgan fingerprint density at radius 1 is 1.32 bits per heavy atom. The first-order valence-electron chi connectivity index (χ1n) is 6.94. The predicted molar refractivity (Wildman–Crippen MR) is 83.7 cm³/mol. The fourth-order valence-corrected chi connectivity index (χ4v) is 3.23. The lowest BCUT2D eigenvalue weighted by Gasteiger charge is -2.43. The zero-order valence-electron chi connectivity index (χ0n) is 12.2. The van der Waals surface area contributed by atoms with Gasteiger partial charge in [-0.1, -0.05) is 12.1 Å². The van der Waals surface area contributed by atoms with Crippen LogP contribution in [0.2, 0.25) is 0 Å². The van der Waals surface area contributed by atoms with Gasteiger partial charge in [0.1, 0.15) is 0 Å². The van der Waals surface area contributed by atoms with Crippen LogP contribution in [0.15, 0.2) is 29.2 Å². The molecule has 0 amide bonds. The lowest BCUT2D eigenvalue weighted by molar-refractivity contribution is 0.0621. The van der Waals surface area contributed by atoms with Crippen LogP contribution >= 0.6 is 11.8 Å². The molecule has 1 fully saturated rings. The molecule has 2 N–H and O–H groups in total. The lowest BCUT2D eigenvalue weighted by Crippen LogP contribution is -2.55. The molecule has 2 atom stereocenters. The molecule has 0 radical (unpaired) electrons. The van der Waals surface area contributed by atoms with Crippen LogP contribution in [0.4, 0.5) is 0 Å². The number of piperazine rings is 1. The van der Waals surface area contributed by atoms with Gasteiger partial charge in [-0.2, -0.15) is 0 Å². The monoisotopic (exact) mass is 279 g/mol. The number of rotatable bonds is 4. The van der Waals surface area contributed by atoms with E-state index >= 15 is 0 Å². The van der Waals surface area contributed by atoms with Crippen molar-refractivity contribution >= 4 is 11.8 Å². The molecule has 0 bridgehead atoms. The van der Waals surface area contributed by atoms with Crippen molar-refractivity contribution in [3.63, 3.8) is 0 Å². The number of nitrogens with zero attached hydrogens (tertiary/aromatic N) is 2. The summed E-state index contributed by atoms with van der Waals surface area (Å²) in [4.78, 5) is 6.25. The van der Waals surface area contributed by atoms with E-state index in [2.05, 4.69) is 54.3 Å². The van der Waals surface area contributed by atoms with Crippen molar-refractivity contribution < 1.29 is 0 Å². The molecule has 1 aromatic rings. The van der Waals surface area contributed by atoms with E-state index < -0.39 is 0 Å². The fourth-order valence-electron chi connectivity index (χ4n) is 2.82. The molecule has 1 heterocycles. The second-order valence-electron chi connectivity index (χ2n) is 5.34. The summed E-state index contributed by atoms with van der Waals surface area (Å²) in [5, 5.41) is 0. The highest BCUT2D eigenvalue weighted by Gasteiger charge is 2.28. The second-order valence-corrected chi connectivity index (χ2v) is 6.22. The smallest absolute Gasteiger partial charge is 0.0352 e. The summed E-state index contributed by atoms with van der Waals surface area (Å²) in [5.74, 6) is 0. The molecule has 106 valence electrons. The maximum absolute atomic E-state index is 5.95. The van der Waals surface area contributed by atoms with E-state index in [-0.39, 0.29) is 0 Å². The van der Waals surface area contributed by atoms with Gasteiger partial charge in [-0.05, 0) is 37.9 Å². The minimum atomic E-state index is 0.443. The molecular formula is C15H25N3S. The van der Waals surface area contributed by atoms with Crippen molar-refractivity contribution in [1.82, 2.24) is 9.80 Å². The molecule has 2 unspecified atom stereocenters. The fraction of sp³-hybridized carbons (Fsp3) is 0.600. The third-order valence-corrected chi connectivity index (χ3v) is 4.84. The maximum atomic E-state index is 5.95. The minimum Gasteiger partial charge on any atom is -0.329 e. The Hall–Kier alpha value is -0.550. The third-order valence-electron chi connectivity index (χ3n) is 4.10. The summed E-state index contributed by atoms with van der Waals surface area (Å²) in [6.07, 6.45) is 2.11. The molecular weight excluding hydrogens is 254 g/mol. The van der Waals surface area contributed by atoms with Crippen LogP contribution in [0.1, 0.15) is 18.5 Å². The van der Waals surface area contributed by atoms with Gasteiger partial charge >= 0.3 is 0 Å². The SMILES string of the molecule is CSc1ccc(C(C)N2CCN(C)CC2CN)cc1. The summed E-state index contributed by atoms with van der Waals surface area (Å²) in [6.45, 7) is 6.33. The molecule has 0 aromatic heterocycles. The van der Waals surface area contributed by atoms with Gasteiger partial charge in [0, 0.05) is 43.2 Å². The average Bonchev–Trinajstić information content (AvgIpc) is 2.46. The summed E-state index contributed by atoms with van der Waals surface area (Å²) in [5.41, 5.74) is 7.34. The topological polar surface area (TPSA) is 32.5 Å². The molecule has 1 aliphatic rings. The van der Waals surface area contributed by atoms with Gasteiger partial charge in [-0.3, -0.25) is 4.90 Å². The van der Waals surface area contributed by atoms with Gasteiger partial charge in [-0.25, -0.2) is 0 Å². The van der Waals surface area contributed by atoms with E-state index in [4.69, 9.17) is 5.73 Å². The van der Waals surface area contributed by atoms with E-state index in [1.807, 2.05) is 0 Å². The summed E-state index contributed by atoms with van der Waals surface area (Å²) >= 11 is 1.79. The summed E-state index contributed by atoms with van der Waals surface area (Å²) in [7, 11) is 2.18. The highest BCUT2D eigenvalue weighted by atomic mass is 32.2. The number of hydrogen-bond acceptors (Lipinski definition) is 4. The van der Waals surface area contributed by atoms with E-state index in [9.17, 15) is 0 Å². The number of thioether (sulfide) groups is 1. The normalized spacial score (nSPS) is 23.5. The van der Waals surface area contributed by atoms with Gasteiger partial charge in [0.25, 0.3) is 0 Å². The van der Waals surface area contributed by atoms with Crippen molar-refractivity contribution in [3.8, 4) is 0 Å². The van der Waals surface area contributed by atoms with Crippen LogP contribution in [0.3, 0.4) is 0 Å².